The minimum absolute atomic E-state index is 0.00988. The van der Waals surface area contributed by atoms with Gasteiger partial charge in [0, 0.05) is 12.1 Å². The molecule has 0 unspecified atom stereocenters. The Balaban J connectivity index is 1.91. The van der Waals surface area contributed by atoms with Crippen molar-refractivity contribution in [2.75, 3.05) is 12.4 Å². The van der Waals surface area contributed by atoms with Crippen LogP contribution in [0.25, 0.3) is 0 Å². The van der Waals surface area contributed by atoms with Crippen LogP contribution in [0.4, 0.5) is 14.5 Å². The van der Waals surface area contributed by atoms with E-state index in [9.17, 15) is 8.78 Å². The maximum Gasteiger partial charge on any atom is 0.188 e. The molecule has 1 aliphatic carbocycles. The van der Waals surface area contributed by atoms with Crippen LogP contribution in [-0.4, -0.2) is 17.3 Å². The number of fused-ring (bicyclic) bond motifs is 2. The first-order valence-corrected chi connectivity index (χ1v) is 6.36. The number of benzene rings is 1. The highest BCUT2D eigenvalue weighted by molar-refractivity contribution is 7.80. The summed E-state index contributed by atoms with van der Waals surface area (Å²) in [5.74, 6) is 0. The Bertz CT molecular complexity index is 534. The van der Waals surface area contributed by atoms with Crippen molar-refractivity contribution in [3.8, 4) is 0 Å². The van der Waals surface area contributed by atoms with Crippen molar-refractivity contribution in [1.82, 2.24) is 5.32 Å². The smallest absolute Gasteiger partial charge is 0.188 e. The summed E-state index contributed by atoms with van der Waals surface area (Å²) in [6.07, 6.45) is 1.47. The molecule has 1 aliphatic heterocycles. The first-order valence-electron chi connectivity index (χ1n) is 5.95. The van der Waals surface area contributed by atoms with Crippen LogP contribution in [0.2, 0.25) is 0 Å². The minimum atomic E-state index is -1.99. The summed E-state index contributed by atoms with van der Waals surface area (Å²) >= 11 is 4.99. The Morgan fingerprint density at radius 2 is 2.17 bits per heavy atom. The van der Waals surface area contributed by atoms with Gasteiger partial charge >= 0.3 is 0 Å². The molecule has 3 N–H and O–H groups in total. The van der Waals surface area contributed by atoms with Gasteiger partial charge in [0.1, 0.15) is 11.7 Å². The van der Waals surface area contributed by atoms with Crippen LogP contribution in [0.3, 0.4) is 0 Å². The summed E-state index contributed by atoms with van der Waals surface area (Å²) in [5, 5.41) is 3.02. The average Bonchev–Trinajstić information content (AvgIpc) is 2.35. The third kappa shape index (κ3) is 1.46. The van der Waals surface area contributed by atoms with Crippen molar-refractivity contribution in [2.45, 2.75) is 30.5 Å². The van der Waals surface area contributed by atoms with E-state index in [1.54, 1.807) is 0 Å². The number of hydrogen-bond acceptors (Lipinski definition) is 2. The first-order chi connectivity index (χ1) is 8.49. The summed E-state index contributed by atoms with van der Waals surface area (Å²) in [6.45, 7) is -1.06. The van der Waals surface area contributed by atoms with Crippen molar-refractivity contribution in [3.63, 3.8) is 0 Å². The quantitative estimate of drug-likeness (QED) is 0.607. The van der Waals surface area contributed by atoms with Gasteiger partial charge in [0.2, 0.25) is 0 Å². The summed E-state index contributed by atoms with van der Waals surface area (Å²) in [5.41, 5.74) is 6.41. The van der Waals surface area contributed by atoms with Crippen LogP contribution in [0.5, 0.6) is 0 Å². The van der Waals surface area contributed by atoms with Crippen LogP contribution < -0.4 is 11.1 Å². The molecule has 18 heavy (non-hydrogen) atoms. The molecule has 1 aromatic carbocycles. The lowest BCUT2D eigenvalue weighted by Gasteiger charge is -2.51. The number of nitrogen functional groups attached to an aromatic ring is 1. The van der Waals surface area contributed by atoms with Crippen molar-refractivity contribution in [1.29, 1.82) is 0 Å². The summed E-state index contributed by atoms with van der Waals surface area (Å²) < 4.78 is 26.8. The molecule has 1 fully saturated rings. The maximum atomic E-state index is 14.1. The van der Waals surface area contributed by atoms with E-state index >= 15 is 0 Å². The van der Waals surface area contributed by atoms with E-state index < -0.39 is 12.3 Å². The molecule has 2 aliphatic rings. The second kappa shape index (κ2) is 3.63. The monoisotopic (exact) mass is 268 g/mol. The van der Waals surface area contributed by atoms with Crippen LogP contribution in [-0.2, 0) is 12.0 Å². The summed E-state index contributed by atoms with van der Waals surface area (Å²) in [4.78, 5) is -0.00988. The molecule has 1 spiro atoms. The van der Waals surface area contributed by atoms with Gasteiger partial charge < -0.3 is 11.1 Å². The zero-order chi connectivity index (χ0) is 13.0. The Morgan fingerprint density at radius 3 is 2.83 bits per heavy atom. The molecule has 0 amide bonds. The van der Waals surface area contributed by atoms with E-state index in [1.807, 2.05) is 18.2 Å². The van der Waals surface area contributed by atoms with E-state index in [1.165, 1.54) is 5.56 Å². The average molecular weight is 268 g/mol. The van der Waals surface area contributed by atoms with E-state index in [4.69, 9.17) is 18.0 Å². The van der Waals surface area contributed by atoms with Crippen molar-refractivity contribution < 1.29 is 8.78 Å². The molecule has 2 atom stereocenters. The number of piperidine rings is 1. The minimum Gasteiger partial charge on any atom is -0.399 e. The van der Waals surface area contributed by atoms with Gasteiger partial charge in [0.05, 0.1) is 5.54 Å². The predicted molar refractivity (Wildman–Crippen MR) is 71.0 cm³/mol. The maximum absolute atomic E-state index is 14.1. The Hall–Kier alpha value is -1.23. The molecule has 0 radical (unpaired) electrons. The normalized spacial score (nSPS) is 33.8. The topological polar surface area (TPSA) is 38.0 Å². The molecule has 0 saturated carbocycles. The van der Waals surface area contributed by atoms with Crippen molar-refractivity contribution in [3.05, 3.63) is 29.3 Å². The van der Waals surface area contributed by atoms with Gasteiger partial charge in [-0.25, -0.2) is 8.78 Å². The first kappa shape index (κ1) is 11.8. The highest BCUT2D eigenvalue weighted by Gasteiger charge is 2.52. The van der Waals surface area contributed by atoms with Gasteiger partial charge in [0.15, 0.2) is 5.67 Å². The number of alkyl halides is 2. The highest BCUT2D eigenvalue weighted by Crippen LogP contribution is 2.47. The molecule has 2 nitrogen and oxygen atoms in total. The number of nitrogens with one attached hydrogen (secondary N) is 1. The lowest BCUT2D eigenvalue weighted by molar-refractivity contribution is 0.126. The molecule has 0 bridgehead atoms. The number of halogens is 2. The molecule has 1 aromatic rings. The van der Waals surface area contributed by atoms with Gasteiger partial charge in [-0.05, 0) is 36.1 Å². The standard InChI is InChI=1S/C13H14F2N2S/c14-7-12(15)3-4-13(17-11(12)18)6-8-1-2-9(16)5-10(8)13/h1-2,5H,3-4,6-7,16H2,(H,17,18)/t12-,13-/m1/s1. The van der Waals surface area contributed by atoms with Gasteiger partial charge in [-0.15, -0.1) is 0 Å². The fourth-order valence-electron chi connectivity index (χ4n) is 2.89. The number of hydrogen-bond donors (Lipinski definition) is 2. The van der Waals surface area contributed by atoms with E-state index in [0.717, 1.165) is 12.0 Å². The van der Waals surface area contributed by atoms with E-state index in [0.29, 0.717) is 12.1 Å². The van der Waals surface area contributed by atoms with Crippen molar-refractivity contribution in [2.24, 2.45) is 0 Å². The Kier molecular flexibility index (Phi) is 2.39. The second-order valence-corrected chi connectivity index (χ2v) is 5.64. The molecule has 1 saturated heterocycles. The molecular formula is C13H14F2N2S. The molecule has 3 rings (SSSR count). The van der Waals surface area contributed by atoms with Crippen LogP contribution in [0.1, 0.15) is 24.0 Å². The zero-order valence-electron chi connectivity index (χ0n) is 9.80. The van der Waals surface area contributed by atoms with Gasteiger partial charge in [-0.1, -0.05) is 18.3 Å². The molecule has 96 valence electrons. The molecule has 1 heterocycles. The lowest BCUT2D eigenvalue weighted by atomic mass is 9.65. The van der Waals surface area contributed by atoms with Crippen LogP contribution in [0.15, 0.2) is 18.2 Å². The Morgan fingerprint density at radius 1 is 1.39 bits per heavy atom. The lowest BCUT2D eigenvalue weighted by Crippen LogP contribution is -2.62. The fourth-order valence-corrected chi connectivity index (χ4v) is 3.24. The van der Waals surface area contributed by atoms with Crippen LogP contribution >= 0.6 is 12.2 Å². The molecular weight excluding hydrogens is 254 g/mol. The van der Waals surface area contributed by atoms with E-state index in [-0.39, 0.29) is 16.9 Å². The number of anilines is 1. The SMILES string of the molecule is Nc1ccc2c(c1)[C@@]1(CC[C@@](F)(CF)C(=S)N1)C2. The second-order valence-electron chi connectivity index (χ2n) is 5.23. The van der Waals surface area contributed by atoms with Gasteiger partial charge in [0.25, 0.3) is 0 Å². The third-order valence-electron chi connectivity index (χ3n) is 4.06. The zero-order valence-corrected chi connectivity index (χ0v) is 10.6. The molecule has 0 aromatic heterocycles. The van der Waals surface area contributed by atoms with Gasteiger partial charge in [-0.2, -0.15) is 0 Å². The third-order valence-corrected chi connectivity index (χ3v) is 4.53. The van der Waals surface area contributed by atoms with E-state index in [2.05, 4.69) is 5.32 Å². The summed E-state index contributed by atoms with van der Waals surface area (Å²) in [6, 6.07) is 5.73. The van der Waals surface area contributed by atoms with Gasteiger partial charge in [-0.3, -0.25) is 0 Å². The highest BCUT2D eigenvalue weighted by atomic mass is 32.1. The van der Waals surface area contributed by atoms with Crippen molar-refractivity contribution >= 4 is 22.9 Å². The summed E-state index contributed by atoms with van der Waals surface area (Å²) in [7, 11) is 0. The Labute approximate surface area is 110 Å². The molecule has 5 heteroatoms. The number of rotatable bonds is 1. The van der Waals surface area contributed by atoms with Crippen LogP contribution in [0, 0.1) is 0 Å². The largest absolute Gasteiger partial charge is 0.399 e. The fraction of sp³-hybridized carbons (Fsp3) is 0.462. The number of thiocarbonyl (C=S) groups is 1. The predicted octanol–water partition coefficient (Wildman–Crippen LogP) is 2.41. The number of nitrogens with two attached hydrogens (primary N) is 1.